The standard InChI is InChI=1S/C13H18N2S2/c1-16-7-6-11(15-14)8-10-9-17-13-5-3-2-4-12(10)13/h2-5,9,11,15H,6-8,14H2,1H3. The summed E-state index contributed by atoms with van der Waals surface area (Å²) in [5.41, 5.74) is 4.34. The van der Waals surface area contributed by atoms with Crippen molar-refractivity contribution in [2.45, 2.75) is 18.9 Å². The first-order valence-corrected chi connectivity index (χ1v) is 8.02. The van der Waals surface area contributed by atoms with E-state index in [1.54, 1.807) is 0 Å². The Bertz CT molecular complexity index is 467. The van der Waals surface area contributed by atoms with Gasteiger partial charge in [0.1, 0.15) is 0 Å². The van der Waals surface area contributed by atoms with Crippen molar-refractivity contribution >= 4 is 33.2 Å². The fourth-order valence-electron chi connectivity index (χ4n) is 1.96. The molecule has 1 atom stereocenters. The Kier molecular flexibility index (Phi) is 4.86. The molecule has 2 rings (SSSR count). The maximum atomic E-state index is 5.62. The van der Waals surface area contributed by atoms with Crippen LogP contribution in [0.2, 0.25) is 0 Å². The van der Waals surface area contributed by atoms with Crippen molar-refractivity contribution in [2.24, 2.45) is 5.84 Å². The van der Waals surface area contributed by atoms with Crippen LogP contribution in [-0.4, -0.2) is 18.1 Å². The third-order valence-corrected chi connectivity index (χ3v) is 4.59. The van der Waals surface area contributed by atoms with Crippen molar-refractivity contribution in [3.63, 3.8) is 0 Å². The minimum atomic E-state index is 0.375. The Morgan fingerprint density at radius 2 is 2.24 bits per heavy atom. The summed E-state index contributed by atoms with van der Waals surface area (Å²) < 4.78 is 1.36. The van der Waals surface area contributed by atoms with E-state index in [-0.39, 0.29) is 0 Å². The number of hydrogen-bond acceptors (Lipinski definition) is 4. The van der Waals surface area contributed by atoms with Crippen molar-refractivity contribution in [1.82, 2.24) is 5.43 Å². The summed E-state index contributed by atoms with van der Waals surface area (Å²) in [5, 5.41) is 3.63. The number of benzene rings is 1. The van der Waals surface area contributed by atoms with Crippen LogP contribution in [0.3, 0.4) is 0 Å². The highest BCUT2D eigenvalue weighted by atomic mass is 32.2. The number of thiophene rings is 1. The number of thioether (sulfide) groups is 1. The molecule has 17 heavy (non-hydrogen) atoms. The highest BCUT2D eigenvalue weighted by Crippen LogP contribution is 2.26. The van der Waals surface area contributed by atoms with E-state index in [9.17, 15) is 0 Å². The van der Waals surface area contributed by atoms with Gasteiger partial charge in [-0.1, -0.05) is 18.2 Å². The molecule has 92 valence electrons. The van der Waals surface area contributed by atoms with Gasteiger partial charge < -0.3 is 0 Å². The molecule has 2 nitrogen and oxygen atoms in total. The third kappa shape index (κ3) is 3.22. The molecule has 0 aliphatic carbocycles. The predicted molar refractivity (Wildman–Crippen MR) is 79.6 cm³/mol. The molecule has 1 heterocycles. The Hall–Kier alpha value is -0.550. The van der Waals surface area contributed by atoms with E-state index in [0.29, 0.717) is 6.04 Å². The number of hydrogen-bond donors (Lipinski definition) is 2. The molecule has 0 bridgehead atoms. The van der Waals surface area contributed by atoms with Gasteiger partial charge in [0, 0.05) is 10.7 Å². The first-order valence-electron chi connectivity index (χ1n) is 5.75. The molecule has 1 aromatic carbocycles. The maximum Gasteiger partial charge on any atom is 0.0345 e. The van der Waals surface area contributed by atoms with Crippen LogP contribution in [0.4, 0.5) is 0 Å². The molecule has 4 heteroatoms. The summed E-state index contributed by atoms with van der Waals surface area (Å²) in [7, 11) is 0. The molecule has 0 spiro atoms. The highest BCUT2D eigenvalue weighted by Gasteiger charge is 2.10. The molecule has 0 saturated carbocycles. The normalized spacial score (nSPS) is 13.1. The minimum Gasteiger partial charge on any atom is -0.271 e. The molecule has 0 aliphatic rings. The Balaban J connectivity index is 2.11. The topological polar surface area (TPSA) is 38.0 Å². The number of hydrazine groups is 1. The van der Waals surface area contributed by atoms with Gasteiger partial charge in [0.05, 0.1) is 0 Å². The van der Waals surface area contributed by atoms with Crippen LogP contribution in [0.15, 0.2) is 29.6 Å². The van der Waals surface area contributed by atoms with Crippen molar-refractivity contribution < 1.29 is 0 Å². The first-order chi connectivity index (χ1) is 8.35. The molecule has 2 aromatic rings. The van der Waals surface area contributed by atoms with Crippen LogP contribution in [0, 0.1) is 0 Å². The number of nitrogens with two attached hydrogens (primary N) is 1. The van der Waals surface area contributed by atoms with Gasteiger partial charge in [0.15, 0.2) is 0 Å². The fraction of sp³-hybridized carbons (Fsp3) is 0.385. The largest absolute Gasteiger partial charge is 0.271 e. The highest BCUT2D eigenvalue weighted by molar-refractivity contribution is 7.98. The molecular weight excluding hydrogens is 248 g/mol. The van der Waals surface area contributed by atoms with Crippen LogP contribution in [0.5, 0.6) is 0 Å². The van der Waals surface area contributed by atoms with Gasteiger partial charge in [-0.15, -0.1) is 11.3 Å². The van der Waals surface area contributed by atoms with Gasteiger partial charge in [-0.3, -0.25) is 11.3 Å². The van der Waals surface area contributed by atoms with E-state index in [2.05, 4.69) is 41.3 Å². The molecule has 0 amide bonds. The average Bonchev–Trinajstić information content (AvgIpc) is 2.78. The van der Waals surface area contributed by atoms with E-state index in [1.807, 2.05) is 23.1 Å². The smallest absolute Gasteiger partial charge is 0.0345 e. The van der Waals surface area contributed by atoms with Crippen LogP contribution >= 0.6 is 23.1 Å². The summed E-state index contributed by atoms with van der Waals surface area (Å²) in [6, 6.07) is 8.94. The van der Waals surface area contributed by atoms with E-state index in [4.69, 9.17) is 5.84 Å². The van der Waals surface area contributed by atoms with Gasteiger partial charge in [0.25, 0.3) is 0 Å². The van der Waals surface area contributed by atoms with Crippen LogP contribution in [0.1, 0.15) is 12.0 Å². The lowest BCUT2D eigenvalue weighted by atomic mass is 10.0. The first kappa shape index (κ1) is 12.9. The van der Waals surface area contributed by atoms with E-state index in [0.717, 1.165) is 18.6 Å². The molecule has 0 fully saturated rings. The summed E-state index contributed by atoms with van der Waals surface area (Å²) in [6.07, 6.45) is 4.26. The summed E-state index contributed by atoms with van der Waals surface area (Å²) in [5.74, 6) is 6.77. The van der Waals surface area contributed by atoms with Gasteiger partial charge in [-0.05, 0) is 47.2 Å². The summed E-state index contributed by atoms with van der Waals surface area (Å²) >= 11 is 3.69. The molecule has 0 radical (unpaired) electrons. The quantitative estimate of drug-likeness (QED) is 0.623. The van der Waals surface area contributed by atoms with Crippen molar-refractivity contribution in [1.29, 1.82) is 0 Å². The number of rotatable bonds is 6. The zero-order chi connectivity index (χ0) is 12.1. The summed E-state index contributed by atoms with van der Waals surface area (Å²) in [4.78, 5) is 0. The zero-order valence-electron chi connectivity index (χ0n) is 9.98. The van der Waals surface area contributed by atoms with Gasteiger partial charge >= 0.3 is 0 Å². The lowest BCUT2D eigenvalue weighted by molar-refractivity contribution is 0.516. The van der Waals surface area contributed by atoms with E-state index < -0.39 is 0 Å². The summed E-state index contributed by atoms with van der Waals surface area (Å²) in [6.45, 7) is 0. The second-order valence-electron chi connectivity index (χ2n) is 4.11. The molecule has 0 aliphatic heterocycles. The van der Waals surface area contributed by atoms with Crippen molar-refractivity contribution in [2.75, 3.05) is 12.0 Å². The number of fused-ring (bicyclic) bond motifs is 1. The maximum absolute atomic E-state index is 5.62. The van der Waals surface area contributed by atoms with Gasteiger partial charge in [0.2, 0.25) is 0 Å². The Morgan fingerprint density at radius 3 is 3.00 bits per heavy atom. The average molecular weight is 266 g/mol. The van der Waals surface area contributed by atoms with Crippen molar-refractivity contribution in [3.05, 3.63) is 35.2 Å². The minimum absolute atomic E-state index is 0.375. The fourth-order valence-corrected chi connectivity index (χ4v) is 3.46. The lowest BCUT2D eigenvalue weighted by Gasteiger charge is -2.14. The molecular formula is C13H18N2S2. The van der Waals surface area contributed by atoms with Crippen LogP contribution < -0.4 is 11.3 Å². The monoisotopic (exact) mass is 266 g/mol. The molecule has 3 N–H and O–H groups in total. The lowest BCUT2D eigenvalue weighted by Crippen LogP contribution is -2.37. The zero-order valence-corrected chi connectivity index (χ0v) is 11.6. The Morgan fingerprint density at radius 1 is 1.41 bits per heavy atom. The van der Waals surface area contributed by atoms with Gasteiger partial charge in [-0.2, -0.15) is 11.8 Å². The second-order valence-corrected chi connectivity index (χ2v) is 6.00. The molecule has 0 saturated heterocycles. The van der Waals surface area contributed by atoms with Crippen LogP contribution in [-0.2, 0) is 6.42 Å². The second kappa shape index (κ2) is 6.40. The van der Waals surface area contributed by atoms with Gasteiger partial charge in [-0.25, -0.2) is 0 Å². The molecule has 1 unspecified atom stereocenters. The molecule has 1 aromatic heterocycles. The van der Waals surface area contributed by atoms with E-state index >= 15 is 0 Å². The Labute approximate surface area is 111 Å². The SMILES string of the molecule is CSCCC(Cc1csc2ccccc12)NN. The third-order valence-electron chi connectivity index (χ3n) is 2.93. The number of nitrogens with one attached hydrogen (secondary N) is 1. The predicted octanol–water partition coefficient (Wildman–Crippen LogP) is 3.03. The van der Waals surface area contributed by atoms with Crippen LogP contribution in [0.25, 0.3) is 10.1 Å². The van der Waals surface area contributed by atoms with Crippen molar-refractivity contribution in [3.8, 4) is 0 Å². The van der Waals surface area contributed by atoms with E-state index in [1.165, 1.54) is 15.6 Å².